The van der Waals surface area contributed by atoms with Crippen molar-refractivity contribution in [3.8, 4) is 6.07 Å². The predicted molar refractivity (Wildman–Crippen MR) is 94.5 cm³/mol. The van der Waals surface area contributed by atoms with Crippen LogP contribution in [0.15, 0.2) is 35.5 Å². The molecule has 1 aromatic carbocycles. The summed E-state index contributed by atoms with van der Waals surface area (Å²) in [5.41, 5.74) is -0.639. The van der Waals surface area contributed by atoms with Gasteiger partial charge in [0.25, 0.3) is 0 Å². The Morgan fingerprint density at radius 2 is 2.08 bits per heavy atom. The number of nitrogens with zero attached hydrogens (tertiary/aromatic N) is 4. The van der Waals surface area contributed by atoms with Gasteiger partial charge in [-0.15, -0.1) is 5.10 Å². The Morgan fingerprint density at radius 3 is 2.83 bits per heavy atom. The number of rotatable bonds is 4. The molecule has 0 radical (unpaired) electrons. The van der Waals surface area contributed by atoms with Crippen LogP contribution in [-0.2, 0) is 4.79 Å². The molecule has 124 valence electrons. The highest BCUT2D eigenvalue weighted by Crippen LogP contribution is 2.33. The molecule has 1 heterocycles. The van der Waals surface area contributed by atoms with Gasteiger partial charge in [-0.05, 0) is 12.8 Å². The topological polar surface area (TPSA) is 69.9 Å². The molecular weight excluding hydrogens is 320 g/mol. The van der Waals surface area contributed by atoms with Crippen molar-refractivity contribution in [2.45, 2.75) is 42.7 Å². The van der Waals surface area contributed by atoms with Crippen LogP contribution >= 0.6 is 11.8 Å². The van der Waals surface area contributed by atoms with E-state index >= 15 is 0 Å². The Balaban J connectivity index is 1.71. The summed E-state index contributed by atoms with van der Waals surface area (Å²) in [4.78, 5) is 14.3. The minimum Gasteiger partial charge on any atom is -0.326 e. The monoisotopic (exact) mass is 340 g/mol. The minimum atomic E-state index is -0.639. The highest BCUT2D eigenvalue weighted by molar-refractivity contribution is 8.00. The first-order chi connectivity index (χ1) is 11.7. The second-order valence-electron chi connectivity index (χ2n) is 6.18. The Hall–Kier alpha value is -2.13. The first kappa shape index (κ1) is 16.7. The Labute approximate surface area is 146 Å². The van der Waals surface area contributed by atoms with Crippen LogP contribution in [0.25, 0.3) is 10.8 Å². The van der Waals surface area contributed by atoms with E-state index in [0.29, 0.717) is 0 Å². The van der Waals surface area contributed by atoms with Crippen LogP contribution < -0.4 is 0 Å². The van der Waals surface area contributed by atoms with Crippen LogP contribution in [0, 0.1) is 11.3 Å². The summed E-state index contributed by atoms with van der Waals surface area (Å²) in [5.74, 6) is 0.237. The Morgan fingerprint density at radius 1 is 1.33 bits per heavy atom. The largest absolute Gasteiger partial charge is 0.326 e. The predicted octanol–water partition coefficient (Wildman–Crippen LogP) is 3.41. The fourth-order valence-corrected chi connectivity index (χ4v) is 4.13. The van der Waals surface area contributed by atoms with E-state index in [2.05, 4.69) is 16.3 Å². The number of hydrogen-bond donors (Lipinski definition) is 0. The standard InChI is InChI=1S/C18H20N4OS/c1-22(18(13-19)9-5-2-6-10-18)16(23)12-24-17-15-8-4-3-7-14(15)11-20-21-17/h3-4,7-8,11H,2,5-6,9-10,12H2,1H3. The lowest BCUT2D eigenvalue weighted by molar-refractivity contribution is -0.131. The average molecular weight is 340 g/mol. The number of benzene rings is 1. The molecule has 1 saturated carbocycles. The van der Waals surface area contributed by atoms with Crippen molar-refractivity contribution in [2.75, 3.05) is 12.8 Å². The van der Waals surface area contributed by atoms with E-state index in [1.807, 2.05) is 24.3 Å². The zero-order valence-corrected chi connectivity index (χ0v) is 14.6. The molecule has 0 atom stereocenters. The van der Waals surface area contributed by atoms with E-state index in [9.17, 15) is 10.1 Å². The number of hydrogen-bond acceptors (Lipinski definition) is 5. The van der Waals surface area contributed by atoms with Gasteiger partial charge in [0.1, 0.15) is 10.6 Å². The highest BCUT2D eigenvalue weighted by Gasteiger charge is 2.38. The fourth-order valence-electron chi connectivity index (χ4n) is 3.23. The summed E-state index contributed by atoms with van der Waals surface area (Å²) in [5, 5.41) is 20.6. The summed E-state index contributed by atoms with van der Waals surface area (Å²) >= 11 is 1.39. The van der Waals surface area contributed by atoms with E-state index in [1.54, 1.807) is 18.1 Å². The van der Waals surface area contributed by atoms with Gasteiger partial charge in [0.15, 0.2) is 0 Å². The maximum absolute atomic E-state index is 12.6. The molecule has 1 aliphatic rings. The zero-order valence-electron chi connectivity index (χ0n) is 13.7. The van der Waals surface area contributed by atoms with E-state index in [4.69, 9.17) is 0 Å². The van der Waals surface area contributed by atoms with E-state index in [0.717, 1.165) is 47.9 Å². The normalized spacial score (nSPS) is 16.5. The van der Waals surface area contributed by atoms with Crippen molar-refractivity contribution in [2.24, 2.45) is 0 Å². The number of thioether (sulfide) groups is 1. The fraction of sp³-hybridized carbons (Fsp3) is 0.444. The van der Waals surface area contributed by atoms with Gasteiger partial charge in [0, 0.05) is 17.8 Å². The Kier molecular flexibility index (Phi) is 5.00. The van der Waals surface area contributed by atoms with Gasteiger partial charge in [-0.2, -0.15) is 10.4 Å². The summed E-state index contributed by atoms with van der Waals surface area (Å²) in [6.45, 7) is 0. The Bertz CT molecular complexity index is 775. The summed E-state index contributed by atoms with van der Waals surface area (Å²) < 4.78 is 0. The molecule has 0 aliphatic heterocycles. The summed E-state index contributed by atoms with van der Waals surface area (Å²) in [7, 11) is 1.76. The number of nitriles is 1. The second-order valence-corrected chi connectivity index (χ2v) is 7.15. The van der Waals surface area contributed by atoms with Crippen LogP contribution in [0.3, 0.4) is 0 Å². The zero-order chi connectivity index (χ0) is 17.0. The number of aromatic nitrogens is 2. The molecule has 2 aromatic rings. The van der Waals surface area contributed by atoms with Crippen LogP contribution in [-0.4, -0.2) is 39.3 Å². The first-order valence-corrected chi connectivity index (χ1v) is 9.16. The van der Waals surface area contributed by atoms with Crippen LogP contribution in [0.2, 0.25) is 0 Å². The SMILES string of the molecule is CN(C(=O)CSc1nncc2ccccc12)C1(C#N)CCCCC1. The molecular formula is C18H20N4OS. The lowest BCUT2D eigenvalue weighted by atomic mass is 9.81. The molecule has 1 amide bonds. The second kappa shape index (κ2) is 7.18. The molecule has 1 aromatic heterocycles. The van der Waals surface area contributed by atoms with Crippen molar-refractivity contribution >= 4 is 28.4 Å². The molecule has 1 aliphatic carbocycles. The molecule has 0 unspecified atom stereocenters. The molecule has 6 heteroatoms. The lowest BCUT2D eigenvalue weighted by Crippen LogP contribution is -2.50. The van der Waals surface area contributed by atoms with E-state index in [-0.39, 0.29) is 11.7 Å². The third-order valence-electron chi connectivity index (χ3n) is 4.77. The average Bonchev–Trinajstić information content (AvgIpc) is 2.66. The van der Waals surface area contributed by atoms with Gasteiger partial charge in [0.2, 0.25) is 5.91 Å². The maximum Gasteiger partial charge on any atom is 0.234 e. The number of carbonyl (C=O) groups is 1. The van der Waals surface area contributed by atoms with Crippen molar-refractivity contribution in [1.82, 2.24) is 15.1 Å². The summed E-state index contributed by atoms with van der Waals surface area (Å²) in [6.07, 6.45) is 6.42. The highest BCUT2D eigenvalue weighted by atomic mass is 32.2. The van der Waals surface area contributed by atoms with Gasteiger partial charge < -0.3 is 4.90 Å². The van der Waals surface area contributed by atoms with Crippen LogP contribution in [0.5, 0.6) is 0 Å². The van der Waals surface area contributed by atoms with Gasteiger partial charge in [-0.1, -0.05) is 55.3 Å². The maximum atomic E-state index is 12.6. The first-order valence-electron chi connectivity index (χ1n) is 8.17. The lowest BCUT2D eigenvalue weighted by Gasteiger charge is -2.39. The van der Waals surface area contributed by atoms with Gasteiger partial charge in [0.05, 0.1) is 18.0 Å². The van der Waals surface area contributed by atoms with Crippen molar-refractivity contribution in [3.05, 3.63) is 30.5 Å². The minimum absolute atomic E-state index is 0.0295. The van der Waals surface area contributed by atoms with Gasteiger partial charge in [-0.25, -0.2) is 0 Å². The van der Waals surface area contributed by atoms with Crippen LogP contribution in [0.1, 0.15) is 32.1 Å². The van der Waals surface area contributed by atoms with Crippen molar-refractivity contribution in [3.63, 3.8) is 0 Å². The molecule has 0 N–H and O–H groups in total. The van der Waals surface area contributed by atoms with Gasteiger partial charge in [-0.3, -0.25) is 4.79 Å². The number of carbonyl (C=O) groups excluding carboxylic acids is 1. The van der Waals surface area contributed by atoms with E-state index in [1.165, 1.54) is 11.8 Å². The third-order valence-corrected chi connectivity index (χ3v) is 5.74. The molecule has 0 saturated heterocycles. The number of fused-ring (bicyclic) bond motifs is 1. The third kappa shape index (κ3) is 3.22. The number of amides is 1. The van der Waals surface area contributed by atoms with E-state index < -0.39 is 5.54 Å². The van der Waals surface area contributed by atoms with Crippen LogP contribution in [0.4, 0.5) is 0 Å². The quantitative estimate of drug-likeness (QED) is 0.798. The smallest absolute Gasteiger partial charge is 0.234 e. The molecule has 0 bridgehead atoms. The molecule has 3 rings (SSSR count). The van der Waals surface area contributed by atoms with Crippen molar-refractivity contribution in [1.29, 1.82) is 5.26 Å². The van der Waals surface area contributed by atoms with Gasteiger partial charge >= 0.3 is 0 Å². The summed E-state index contributed by atoms with van der Waals surface area (Å²) in [6, 6.07) is 10.3. The molecule has 5 nitrogen and oxygen atoms in total. The molecule has 1 fully saturated rings. The van der Waals surface area contributed by atoms with Crippen molar-refractivity contribution < 1.29 is 4.79 Å². The molecule has 24 heavy (non-hydrogen) atoms. The molecule has 0 spiro atoms.